The number of nitrogens with zero attached hydrogens (tertiary/aromatic N) is 4. The summed E-state index contributed by atoms with van der Waals surface area (Å²) in [5.74, 6) is 0.428. The average Bonchev–Trinajstić information content (AvgIpc) is 3.12. The van der Waals surface area contributed by atoms with Crippen LogP contribution in [0.5, 0.6) is 5.75 Å². The third kappa shape index (κ3) is 3.43. The second kappa shape index (κ2) is 7.72. The molecule has 0 aliphatic heterocycles. The lowest BCUT2D eigenvalue weighted by Crippen LogP contribution is -2.09. The predicted octanol–water partition coefficient (Wildman–Crippen LogP) is 2.59. The summed E-state index contributed by atoms with van der Waals surface area (Å²) >= 11 is 0. The molecular formula is C20H19FN6O2. The topological polar surface area (TPSA) is 111 Å². The highest BCUT2D eigenvalue weighted by molar-refractivity contribution is 5.82. The van der Waals surface area contributed by atoms with Crippen molar-refractivity contribution in [1.82, 2.24) is 19.4 Å². The molecule has 0 aliphatic carbocycles. The van der Waals surface area contributed by atoms with Gasteiger partial charge in [0.25, 0.3) is 0 Å². The van der Waals surface area contributed by atoms with Gasteiger partial charge < -0.3 is 20.9 Å². The lowest BCUT2D eigenvalue weighted by molar-refractivity contribution is 0.311. The van der Waals surface area contributed by atoms with E-state index < -0.39 is 5.82 Å². The van der Waals surface area contributed by atoms with Crippen LogP contribution in [0.15, 0.2) is 48.8 Å². The third-order valence-electron chi connectivity index (χ3n) is 4.41. The minimum absolute atomic E-state index is 0.0380. The molecule has 1 aromatic carbocycles. The molecule has 0 fully saturated rings. The van der Waals surface area contributed by atoms with Crippen molar-refractivity contribution in [3.05, 3.63) is 54.6 Å². The Balaban J connectivity index is 1.97. The SMILES string of the molecule is COc1ccn2c(-c3ccnc(NCCO)n3)c(-c3cccc(N)c3F)nc2c1. The number of ether oxygens (including phenoxy) is 1. The number of hydrogen-bond donors (Lipinski definition) is 3. The zero-order chi connectivity index (χ0) is 20.4. The molecule has 0 saturated heterocycles. The first-order chi connectivity index (χ1) is 14.1. The van der Waals surface area contributed by atoms with Crippen LogP contribution in [0.2, 0.25) is 0 Å². The number of aliphatic hydroxyl groups is 1. The van der Waals surface area contributed by atoms with Gasteiger partial charge in [-0.25, -0.2) is 19.3 Å². The number of nitrogens with two attached hydrogens (primary N) is 1. The molecule has 0 amide bonds. The molecule has 148 valence electrons. The van der Waals surface area contributed by atoms with E-state index in [9.17, 15) is 4.39 Å². The van der Waals surface area contributed by atoms with Crippen molar-refractivity contribution in [2.24, 2.45) is 0 Å². The number of hydrogen-bond acceptors (Lipinski definition) is 7. The normalized spacial score (nSPS) is 11.0. The largest absolute Gasteiger partial charge is 0.497 e. The molecule has 0 atom stereocenters. The number of imidazole rings is 1. The Hall–Kier alpha value is -3.72. The summed E-state index contributed by atoms with van der Waals surface area (Å²) < 4.78 is 21.9. The van der Waals surface area contributed by atoms with E-state index in [1.165, 1.54) is 6.07 Å². The van der Waals surface area contributed by atoms with Gasteiger partial charge in [0.05, 0.1) is 30.8 Å². The van der Waals surface area contributed by atoms with Crippen LogP contribution in [-0.2, 0) is 0 Å². The van der Waals surface area contributed by atoms with Crippen LogP contribution in [0, 0.1) is 5.82 Å². The van der Waals surface area contributed by atoms with Gasteiger partial charge in [0.1, 0.15) is 17.1 Å². The molecule has 3 aromatic heterocycles. The fourth-order valence-electron chi connectivity index (χ4n) is 3.06. The van der Waals surface area contributed by atoms with E-state index in [4.69, 9.17) is 15.6 Å². The summed E-state index contributed by atoms with van der Waals surface area (Å²) in [5.41, 5.74) is 8.17. The number of rotatable bonds is 6. The Morgan fingerprint density at radius 1 is 1.24 bits per heavy atom. The molecule has 0 radical (unpaired) electrons. The minimum atomic E-state index is -0.545. The van der Waals surface area contributed by atoms with E-state index in [0.717, 1.165) is 0 Å². The van der Waals surface area contributed by atoms with Gasteiger partial charge in [-0.1, -0.05) is 6.07 Å². The molecule has 0 bridgehead atoms. The van der Waals surface area contributed by atoms with Gasteiger partial charge in [0.2, 0.25) is 5.95 Å². The van der Waals surface area contributed by atoms with Gasteiger partial charge in [-0.15, -0.1) is 0 Å². The number of anilines is 2. The second-order valence-corrected chi connectivity index (χ2v) is 6.23. The van der Waals surface area contributed by atoms with Crippen LogP contribution in [0.3, 0.4) is 0 Å². The number of nitrogen functional groups attached to an aromatic ring is 1. The Morgan fingerprint density at radius 3 is 2.90 bits per heavy atom. The van der Waals surface area contributed by atoms with Gasteiger partial charge >= 0.3 is 0 Å². The number of aliphatic hydroxyl groups excluding tert-OH is 1. The van der Waals surface area contributed by atoms with Crippen molar-refractivity contribution < 1.29 is 14.2 Å². The molecule has 0 spiro atoms. The van der Waals surface area contributed by atoms with E-state index in [1.54, 1.807) is 54.2 Å². The standard InChI is InChI=1S/C20H19FN6O2/c1-29-12-6-9-27-16(11-12)26-18(13-3-2-4-14(22)17(13)21)19(27)15-5-7-23-20(25-15)24-8-10-28/h2-7,9,11,28H,8,10,22H2,1H3,(H,23,24,25). The summed E-state index contributed by atoms with van der Waals surface area (Å²) in [7, 11) is 1.57. The van der Waals surface area contributed by atoms with Crippen molar-refractivity contribution in [1.29, 1.82) is 0 Å². The van der Waals surface area contributed by atoms with Crippen molar-refractivity contribution in [3.63, 3.8) is 0 Å². The number of methoxy groups -OCH3 is 1. The van der Waals surface area contributed by atoms with Crippen molar-refractivity contribution in [2.75, 3.05) is 31.3 Å². The first kappa shape index (κ1) is 18.6. The molecule has 4 aromatic rings. The number of halogens is 1. The molecule has 9 heteroatoms. The molecule has 8 nitrogen and oxygen atoms in total. The maximum atomic E-state index is 14.8. The van der Waals surface area contributed by atoms with E-state index in [-0.39, 0.29) is 17.9 Å². The first-order valence-electron chi connectivity index (χ1n) is 8.91. The van der Waals surface area contributed by atoms with Gasteiger partial charge in [0.15, 0.2) is 5.82 Å². The summed E-state index contributed by atoms with van der Waals surface area (Å²) in [4.78, 5) is 13.3. The van der Waals surface area contributed by atoms with Gasteiger partial charge in [-0.2, -0.15) is 0 Å². The second-order valence-electron chi connectivity index (χ2n) is 6.23. The van der Waals surface area contributed by atoms with E-state index in [0.29, 0.717) is 41.0 Å². The number of fused-ring (bicyclic) bond motifs is 1. The Labute approximate surface area is 165 Å². The number of pyridine rings is 1. The molecule has 4 rings (SSSR count). The van der Waals surface area contributed by atoms with Gasteiger partial charge in [-0.3, -0.25) is 4.40 Å². The monoisotopic (exact) mass is 394 g/mol. The maximum absolute atomic E-state index is 14.8. The van der Waals surface area contributed by atoms with Crippen LogP contribution in [0.1, 0.15) is 0 Å². The fraction of sp³-hybridized carbons (Fsp3) is 0.150. The maximum Gasteiger partial charge on any atom is 0.223 e. The fourth-order valence-corrected chi connectivity index (χ4v) is 3.06. The smallest absolute Gasteiger partial charge is 0.223 e. The molecule has 4 N–H and O–H groups in total. The van der Waals surface area contributed by atoms with Crippen molar-refractivity contribution >= 4 is 17.3 Å². The zero-order valence-corrected chi connectivity index (χ0v) is 15.6. The Kier molecular flexibility index (Phi) is 4.96. The molecule has 0 saturated carbocycles. The number of benzene rings is 1. The van der Waals surface area contributed by atoms with Crippen LogP contribution in [0.4, 0.5) is 16.0 Å². The highest BCUT2D eigenvalue weighted by Gasteiger charge is 2.21. The molecule has 0 aliphatic rings. The van der Waals surface area contributed by atoms with E-state index in [2.05, 4.69) is 20.3 Å². The highest BCUT2D eigenvalue weighted by atomic mass is 19.1. The molecule has 3 heterocycles. The minimum Gasteiger partial charge on any atom is -0.497 e. The zero-order valence-electron chi connectivity index (χ0n) is 15.6. The quantitative estimate of drug-likeness (QED) is 0.431. The van der Waals surface area contributed by atoms with Crippen molar-refractivity contribution in [3.8, 4) is 28.4 Å². The van der Waals surface area contributed by atoms with Crippen LogP contribution in [0.25, 0.3) is 28.3 Å². The summed E-state index contributed by atoms with van der Waals surface area (Å²) in [6, 6.07) is 10.0. The highest BCUT2D eigenvalue weighted by Crippen LogP contribution is 2.35. The molecule has 0 unspecified atom stereocenters. The molecular weight excluding hydrogens is 375 g/mol. The number of aromatic nitrogens is 4. The Morgan fingerprint density at radius 2 is 2.10 bits per heavy atom. The summed E-state index contributed by atoms with van der Waals surface area (Å²) in [5, 5.41) is 12.0. The Bertz CT molecular complexity index is 1180. The van der Waals surface area contributed by atoms with Crippen LogP contribution < -0.4 is 15.8 Å². The van der Waals surface area contributed by atoms with Crippen LogP contribution >= 0.6 is 0 Å². The predicted molar refractivity (Wildman–Crippen MR) is 108 cm³/mol. The lowest BCUT2D eigenvalue weighted by atomic mass is 10.1. The summed E-state index contributed by atoms with van der Waals surface area (Å²) in [6.07, 6.45) is 3.37. The van der Waals surface area contributed by atoms with Gasteiger partial charge in [-0.05, 0) is 24.3 Å². The van der Waals surface area contributed by atoms with Crippen molar-refractivity contribution in [2.45, 2.75) is 0 Å². The molecule has 29 heavy (non-hydrogen) atoms. The lowest BCUT2D eigenvalue weighted by Gasteiger charge is -2.09. The average molecular weight is 394 g/mol. The van der Waals surface area contributed by atoms with E-state index in [1.807, 2.05) is 0 Å². The van der Waals surface area contributed by atoms with E-state index >= 15 is 0 Å². The third-order valence-corrected chi connectivity index (χ3v) is 4.41. The summed E-state index contributed by atoms with van der Waals surface area (Å²) in [6.45, 7) is 0.257. The number of nitrogens with one attached hydrogen (secondary N) is 1. The van der Waals surface area contributed by atoms with Gasteiger partial charge in [0, 0.05) is 30.6 Å². The van der Waals surface area contributed by atoms with Crippen LogP contribution in [-0.4, -0.2) is 44.7 Å². The first-order valence-corrected chi connectivity index (χ1v) is 8.91.